The van der Waals surface area contributed by atoms with Crippen LogP contribution in [-0.2, 0) is 15.9 Å². The first-order valence-electron chi connectivity index (χ1n) is 25.3. The van der Waals surface area contributed by atoms with Gasteiger partial charge in [-0.3, -0.25) is 9.69 Å². The number of piperidine rings is 1. The molecule has 0 radical (unpaired) electrons. The van der Waals surface area contributed by atoms with Gasteiger partial charge in [-0.05, 0) is 47.7 Å². The third-order valence-electron chi connectivity index (χ3n) is 3.66. The SMILES string of the molecule is [2H]c1c(OC([2H])([2H])[2H])c(OC([2H])([2H])[2H])c([2H])c2c1C1N(C([2H])([2H])C2([2H])[2H])C([2H])([2H])C([2H])(C([2H])([2H])C([2H])(C([2H])([2H])[2H])C([2H])([2H])[2H])C([2H])(OC(=O)[C@@]([2H])(N)C([2H])(C([2H])([2H])[2H])C([2H])([2H])[2H])C1([2H])[2H]. The van der Waals surface area contributed by atoms with E-state index < -0.39 is 155 Å². The van der Waals surface area contributed by atoms with Gasteiger partial charge in [-0.2, -0.15) is 0 Å². The van der Waals surface area contributed by atoms with Crippen LogP contribution in [0.1, 0.15) is 105 Å². The molecule has 1 saturated heterocycles. The maximum atomic E-state index is 14.2. The lowest BCUT2D eigenvalue weighted by molar-refractivity contribution is -0.160. The van der Waals surface area contributed by atoms with Gasteiger partial charge in [-0.15, -0.1) is 0 Å². The van der Waals surface area contributed by atoms with Crippen molar-refractivity contribution in [3.05, 3.63) is 23.2 Å². The molecule has 2 aliphatic heterocycles. The zero-order valence-corrected chi connectivity index (χ0v) is 14.7. The topological polar surface area (TPSA) is 74.0 Å². The van der Waals surface area contributed by atoms with Crippen molar-refractivity contribution < 1.29 is 67.0 Å². The molecule has 0 bridgehead atoms. The molecule has 168 valence electrons. The summed E-state index contributed by atoms with van der Waals surface area (Å²) in [5.74, 6) is -22.1. The summed E-state index contributed by atoms with van der Waals surface area (Å²) in [6.45, 7) is -28.1. The Bertz CT molecular complexity index is 2030. The van der Waals surface area contributed by atoms with Gasteiger partial charge in [-0.1, -0.05) is 27.4 Å². The van der Waals surface area contributed by atoms with Gasteiger partial charge >= 0.3 is 5.97 Å². The Morgan fingerprint density at radius 1 is 1.40 bits per heavy atom. The van der Waals surface area contributed by atoms with Gasteiger partial charge in [0.1, 0.15) is 12.1 Å². The summed E-state index contributed by atoms with van der Waals surface area (Å²) in [5, 5.41) is 0. The average Bonchev–Trinajstić information content (AvgIpc) is 3.03. The van der Waals surface area contributed by atoms with Crippen molar-refractivity contribution in [1.82, 2.24) is 4.90 Å². The third-order valence-corrected chi connectivity index (χ3v) is 3.66. The predicted octanol–water partition coefficient (Wildman–Crippen LogP) is 3.56. The van der Waals surface area contributed by atoms with Gasteiger partial charge in [0.2, 0.25) is 0 Å². The molecular weight excluding hydrogens is 380 g/mol. The van der Waals surface area contributed by atoms with Gasteiger partial charge in [0, 0.05) is 65.6 Å². The number of hydrogen-bond acceptors (Lipinski definition) is 6. The molecule has 0 spiro atoms. The first kappa shape index (κ1) is 4.91. The molecule has 1 aromatic rings. The van der Waals surface area contributed by atoms with Crippen molar-refractivity contribution in [1.29, 1.82) is 0 Å². The average molecular weight is 454 g/mol. The molecule has 4 atom stereocenters. The molecule has 2 heterocycles. The van der Waals surface area contributed by atoms with E-state index in [1.54, 1.807) is 0 Å². The second-order valence-electron chi connectivity index (χ2n) is 5.55. The van der Waals surface area contributed by atoms with E-state index in [9.17, 15) is 13.0 Å². The van der Waals surface area contributed by atoms with Crippen molar-refractivity contribution in [2.24, 2.45) is 23.4 Å². The second kappa shape index (κ2) is 9.56. The molecule has 0 aromatic heterocycles. The highest BCUT2D eigenvalue weighted by molar-refractivity contribution is 5.76. The summed E-state index contributed by atoms with van der Waals surface area (Å²) in [7, 11) is -7.62. The number of fused-ring (bicyclic) bond motifs is 3. The number of hydrogen-bond donors (Lipinski definition) is 1. The van der Waals surface area contributed by atoms with Gasteiger partial charge in [0.25, 0.3) is 0 Å². The van der Waals surface area contributed by atoms with Gasteiger partial charge in [0.05, 0.1) is 27.8 Å². The smallest absolute Gasteiger partial charge is 0.323 e. The Morgan fingerprint density at radius 2 is 2.17 bits per heavy atom. The number of ether oxygens (including phenoxy) is 3. The molecule has 3 rings (SSSR count). The van der Waals surface area contributed by atoms with E-state index in [0.29, 0.717) is 0 Å². The highest BCUT2D eigenvalue weighted by Crippen LogP contribution is 2.44. The van der Waals surface area contributed by atoms with Crippen LogP contribution in [0.25, 0.3) is 0 Å². The monoisotopic (exact) mass is 454 g/mol. The van der Waals surface area contributed by atoms with E-state index in [1.807, 2.05) is 0 Å². The molecule has 2 N–H and O–H groups in total. The van der Waals surface area contributed by atoms with Crippen LogP contribution in [0.15, 0.2) is 12.1 Å². The second-order valence-corrected chi connectivity index (χ2v) is 5.55. The normalized spacial score (nSPS) is 58.4. The summed E-state index contributed by atoms with van der Waals surface area (Å²) in [4.78, 5) is 13.3. The molecular formula is C24H38N2O4. The van der Waals surface area contributed by atoms with Crippen LogP contribution >= 0.6 is 0 Å². The highest BCUT2D eigenvalue weighted by Gasteiger charge is 2.41. The lowest BCUT2D eigenvalue weighted by Gasteiger charge is -2.47. The van der Waals surface area contributed by atoms with Crippen molar-refractivity contribution in [3.8, 4) is 11.5 Å². The zero-order chi connectivity index (χ0) is 52.3. The molecule has 0 saturated carbocycles. The molecule has 30 heavy (non-hydrogen) atoms. The molecule has 1 fully saturated rings. The number of carbonyl (C=O) groups excluding carboxylic acids is 1. The lowest BCUT2D eigenvalue weighted by atomic mass is 9.79. The minimum absolute atomic E-state index is 0.913. The van der Waals surface area contributed by atoms with Crippen LogP contribution in [0.5, 0.6) is 11.5 Å². The number of esters is 1. The Morgan fingerprint density at radius 3 is 2.87 bits per heavy atom. The van der Waals surface area contributed by atoms with Crippen LogP contribution in [0, 0.1) is 17.7 Å². The minimum atomic E-state index is -5.55. The van der Waals surface area contributed by atoms with E-state index in [4.69, 9.17) is 50.2 Å². The number of rotatable bonds is 7. The Balaban J connectivity index is 2.90. The van der Waals surface area contributed by atoms with Crippen LogP contribution in [0.4, 0.5) is 0 Å². The Labute approximate surface area is 230 Å². The highest BCUT2D eigenvalue weighted by atomic mass is 16.5. The van der Waals surface area contributed by atoms with Crippen LogP contribution in [0.2, 0.25) is 0 Å². The maximum absolute atomic E-state index is 14.2. The van der Waals surface area contributed by atoms with Crippen molar-refractivity contribution >= 4 is 5.97 Å². The predicted molar refractivity (Wildman–Crippen MR) is 118 cm³/mol. The quantitative estimate of drug-likeness (QED) is 0.636. The first-order chi connectivity index (χ1) is 27.9. The minimum Gasteiger partial charge on any atom is -0.493 e. The number of carbonyl (C=O) groups is 1. The summed E-state index contributed by atoms with van der Waals surface area (Å²) in [5.41, 5.74) is 1.96. The van der Waals surface area contributed by atoms with Crippen LogP contribution in [0.3, 0.4) is 0 Å². The van der Waals surface area contributed by atoms with Crippen molar-refractivity contribution in [2.75, 3.05) is 27.1 Å². The number of nitrogens with zero attached hydrogens (tertiary/aromatic N) is 1. The fourth-order valence-electron chi connectivity index (χ4n) is 2.37. The van der Waals surface area contributed by atoms with Crippen LogP contribution < -0.4 is 15.2 Å². The van der Waals surface area contributed by atoms with Gasteiger partial charge in [0.15, 0.2) is 11.5 Å². The van der Waals surface area contributed by atoms with Gasteiger partial charge in [-0.25, -0.2) is 0 Å². The summed E-state index contributed by atoms with van der Waals surface area (Å²) in [6, 6.07) is -12.2. The fourth-order valence-corrected chi connectivity index (χ4v) is 2.37. The third kappa shape index (κ3) is 4.75. The molecule has 3 unspecified atom stereocenters. The lowest BCUT2D eigenvalue weighted by Crippen LogP contribution is -2.51. The summed E-state index contributed by atoms with van der Waals surface area (Å²) < 4.78 is 306. The Kier molecular flexibility index (Phi) is 1.57. The van der Waals surface area contributed by atoms with E-state index >= 15 is 0 Å². The maximum Gasteiger partial charge on any atom is 0.323 e. The molecule has 6 nitrogen and oxygen atoms in total. The van der Waals surface area contributed by atoms with E-state index in [-0.39, 0.29) is 0 Å². The van der Waals surface area contributed by atoms with Gasteiger partial charge < -0.3 is 19.9 Å². The van der Waals surface area contributed by atoms with E-state index in [2.05, 4.69) is 9.47 Å². The van der Waals surface area contributed by atoms with Crippen molar-refractivity contribution in [3.63, 3.8) is 0 Å². The molecule has 1 aromatic carbocycles. The summed E-state index contributed by atoms with van der Waals surface area (Å²) in [6.07, 6.45) is -20.2. The molecule has 0 aliphatic carbocycles. The summed E-state index contributed by atoms with van der Waals surface area (Å²) >= 11 is 0. The number of benzene rings is 1. The standard InChI is InChI=1S/C24H38N2O4/c1-14(2)9-17-13-26-8-7-16-10-21(28-5)22(29-6)11-18(16)19(26)12-20(17)30-24(27)23(25)15(3)4/h10-11,14-15,17,19-20,23H,7-9,12-13,25H2,1-6H3/t17?,19?,20?,23-/m0/s1/i1D3,2D3,3D3,4D3,5D3,6D3,7D2,8D2,9D2,10D,11D,12D2,13D2,14D,15D,17D,20D,23D. The number of nitrogens with two attached hydrogens (primary N) is 1. The van der Waals surface area contributed by atoms with Crippen LogP contribution in [-0.4, -0.2) is 50.0 Å². The number of methoxy groups -OCH3 is 2. The van der Waals surface area contributed by atoms with Crippen molar-refractivity contribution in [2.45, 2.75) is 64.7 Å². The molecule has 6 heteroatoms. The molecule has 2 aliphatic rings. The molecule has 0 amide bonds. The Hall–Kier alpha value is -1.79. The largest absolute Gasteiger partial charge is 0.493 e. The van der Waals surface area contributed by atoms with E-state index in [1.165, 1.54) is 0 Å². The fraction of sp³-hybridized carbons (Fsp3) is 0.708. The zero-order valence-electron chi connectivity index (χ0n) is 49.7. The van der Waals surface area contributed by atoms with E-state index in [0.717, 1.165) is 0 Å². The first-order valence-corrected chi connectivity index (χ1v) is 7.75.